The van der Waals surface area contributed by atoms with Crippen LogP contribution in [0.3, 0.4) is 0 Å². The topological polar surface area (TPSA) is 77.0 Å². The molecule has 1 aliphatic heterocycles. The van der Waals surface area contributed by atoms with Crippen LogP contribution < -0.4 is 14.8 Å². The normalized spacial score (nSPS) is 15.6. The number of nitrogens with one attached hydrogen (secondary N) is 1. The van der Waals surface area contributed by atoms with Crippen molar-refractivity contribution in [2.45, 2.75) is 12.6 Å². The maximum absolute atomic E-state index is 10.8. The second-order valence-corrected chi connectivity index (χ2v) is 6.59. The first-order chi connectivity index (χ1) is 12.5. The van der Waals surface area contributed by atoms with Gasteiger partial charge in [-0.3, -0.25) is 0 Å². The summed E-state index contributed by atoms with van der Waals surface area (Å²) in [6.07, 6.45) is 2.08. The molecule has 2 N–H and O–H groups in total. The second kappa shape index (κ2) is 8.14. The predicted molar refractivity (Wildman–Crippen MR) is 100.0 cm³/mol. The lowest BCUT2D eigenvalue weighted by molar-refractivity contribution is -0.139. The summed E-state index contributed by atoms with van der Waals surface area (Å²) in [4.78, 5) is 10.8. The summed E-state index contributed by atoms with van der Waals surface area (Å²) in [6, 6.07) is 13.2. The molecule has 1 heterocycles. The predicted octanol–water partition coefficient (Wildman–Crippen LogP) is 3.41. The summed E-state index contributed by atoms with van der Waals surface area (Å²) < 4.78 is 17.1. The van der Waals surface area contributed by atoms with Crippen LogP contribution in [0.2, 0.25) is 0 Å². The van der Waals surface area contributed by atoms with Crippen molar-refractivity contribution in [2.75, 3.05) is 13.7 Å². The summed E-state index contributed by atoms with van der Waals surface area (Å²) >= 11 is 3.43. The fraction of sp³-hybridized carbons (Fsp3) is 0.211. The van der Waals surface area contributed by atoms with Gasteiger partial charge in [0.15, 0.2) is 12.8 Å². The van der Waals surface area contributed by atoms with E-state index in [0.717, 1.165) is 27.0 Å². The third-order valence-electron chi connectivity index (χ3n) is 3.83. The number of ether oxygens (including phenoxy) is 3. The number of hydrogen-bond donors (Lipinski definition) is 2. The third-order valence-corrected chi connectivity index (χ3v) is 4.32. The van der Waals surface area contributed by atoms with Crippen molar-refractivity contribution in [1.82, 2.24) is 5.32 Å². The molecule has 7 heteroatoms. The first kappa shape index (κ1) is 18.1. The van der Waals surface area contributed by atoms with E-state index in [2.05, 4.69) is 21.2 Å². The molecule has 0 saturated carbocycles. The number of halogens is 1. The van der Waals surface area contributed by atoms with E-state index >= 15 is 0 Å². The van der Waals surface area contributed by atoms with Crippen molar-refractivity contribution in [3.63, 3.8) is 0 Å². The minimum Gasteiger partial charge on any atom is -0.497 e. The fourth-order valence-electron chi connectivity index (χ4n) is 2.59. The van der Waals surface area contributed by atoms with Crippen LogP contribution >= 0.6 is 15.9 Å². The molecule has 0 spiro atoms. The number of benzene rings is 2. The summed E-state index contributed by atoms with van der Waals surface area (Å²) in [6.45, 7) is -0.405. The Morgan fingerprint density at radius 2 is 2.04 bits per heavy atom. The second-order valence-electron chi connectivity index (χ2n) is 5.68. The summed E-state index contributed by atoms with van der Waals surface area (Å²) in [5.74, 6) is 0.256. The van der Waals surface area contributed by atoms with Crippen molar-refractivity contribution in [3.8, 4) is 11.5 Å². The number of carbonyl (C=O) groups is 1. The van der Waals surface area contributed by atoms with E-state index in [0.29, 0.717) is 12.2 Å². The molecular weight excluding hydrogens is 402 g/mol. The first-order valence-electron chi connectivity index (χ1n) is 7.95. The van der Waals surface area contributed by atoms with Gasteiger partial charge in [-0.05, 0) is 35.9 Å². The molecule has 0 fully saturated rings. The van der Waals surface area contributed by atoms with Gasteiger partial charge in [0.1, 0.15) is 17.8 Å². The Hall–Kier alpha value is -2.67. The highest BCUT2D eigenvalue weighted by atomic mass is 79.9. The monoisotopic (exact) mass is 419 g/mol. The van der Waals surface area contributed by atoms with Gasteiger partial charge < -0.3 is 24.6 Å². The van der Waals surface area contributed by atoms with Crippen molar-refractivity contribution < 1.29 is 24.1 Å². The van der Waals surface area contributed by atoms with Crippen LogP contribution in [-0.4, -0.2) is 31.0 Å². The molecule has 0 aromatic heterocycles. The van der Waals surface area contributed by atoms with Crippen molar-refractivity contribution >= 4 is 27.6 Å². The zero-order valence-electron chi connectivity index (χ0n) is 14.1. The maximum Gasteiger partial charge on any atom is 0.341 e. The lowest BCUT2D eigenvalue weighted by Crippen LogP contribution is -2.26. The molecule has 1 aliphatic rings. The highest BCUT2D eigenvalue weighted by Crippen LogP contribution is 2.31. The van der Waals surface area contributed by atoms with E-state index in [1.807, 2.05) is 30.3 Å². The largest absolute Gasteiger partial charge is 0.497 e. The number of methoxy groups -OCH3 is 1. The van der Waals surface area contributed by atoms with Gasteiger partial charge in [-0.1, -0.05) is 28.1 Å². The SMILES string of the molecule is COc1ccc(CC2NC(c3cc(Br)ccc3OCC(=O)O)=CO2)cc1. The van der Waals surface area contributed by atoms with E-state index in [9.17, 15) is 4.79 Å². The van der Waals surface area contributed by atoms with E-state index < -0.39 is 12.6 Å². The lowest BCUT2D eigenvalue weighted by Gasteiger charge is -2.15. The molecule has 3 rings (SSSR count). The van der Waals surface area contributed by atoms with Crippen molar-refractivity contribution in [3.05, 3.63) is 64.3 Å². The van der Waals surface area contributed by atoms with Crippen LogP contribution in [-0.2, 0) is 16.0 Å². The molecule has 2 aromatic carbocycles. The minimum atomic E-state index is -1.03. The Labute approximate surface area is 159 Å². The quantitative estimate of drug-likeness (QED) is 0.715. The highest BCUT2D eigenvalue weighted by molar-refractivity contribution is 9.10. The standard InChI is InChI=1S/C19H18BrNO5/c1-24-14-5-2-12(3-6-14)8-18-21-16(10-26-18)15-9-13(20)4-7-17(15)25-11-19(22)23/h2-7,9-10,18,21H,8,11H2,1H3,(H,22,23). The van der Waals surface area contributed by atoms with Gasteiger partial charge in [0.05, 0.1) is 12.8 Å². The smallest absolute Gasteiger partial charge is 0.341 e. The number of aliphatic carboxylic acids is 1. The zero-order chi connectivity index (χ0) is 18.5. The van der Waals surface area contributed by atoms with Crippen molar-refractivity contribution in [2.24, 2.45) is 0 Å². The van der Waals surface area contributed by atoms with Crippen LogP contribution in [0.5, 0.6) is 11.5 Å². The van der Waals surface area contributed by atoms with Crippen molar-refractivity contribution in [1.29, 1.82) is 0 Å². The Bertz CT molecular complexity index is 819. The molecular formula is C19H18BrNO5. The van der Waals surface area contributed by atoms with Gasteiger partial charge in [-0.2, -0.15) is 0 Å². The van der Waals surface area contributed by atoms with E-state index in [4.69, 9.17) is 19.3 Å². The van der Waals surface area contributed by atoms with Crippen LogP contribution in [0.4, 0.5) is 0 Å². The Balaban J connectivity index is 1.69. The van der Waals surface area contributed by atoms with Gasteiger partial charge in [0.2, 0.25) is 0 Å². The molecule has 0 bridgehead atoms. The molecule has 1 unspecified atom stereocenters. The van der Waals surface area contributed by atoms with Gasteiger partial charge in [-0.15, -0.1) is 0 Å². The number of carboxylic acid groups (broad SMARTS) is 1. The minimum absolute atomic E-state index is 0.218. The zero-order valence-corrected chi connectivity index (χ0v) is 15.7. The van der Waals surface area contributed by atoms with Crippen LogP contribution in [0.1, 0.15) is 11.1 Å². The van der Waals surface area contributed by atoms with E-state index in [1.165, 1.54) is 0 Å². The molecule has 0 amide bonds. The van der Waals surface area contributed by atoms with E-state index in [1.54, 1.807) is 25.5 Å². The molecule has 0 radical (unpaired) electrons. The lowest BCUT2D eigenvalue weighted by atomic mass is 10.1. The molecule has 26 heavy (non-hydrogen) atoms. The van der Waals surface area contributed by atoms with Gasteiger partial charge >= 0.3 is 5.97 Å². The highest BCUT2D eigenvalue weighted by Gasteiger charge is 2.21. The summed E-state index contributed by atoms with van der Waals surface area (Å²) in [7, 11) is 1.63. The summed E-state index contributed by atoms with van der Waals surface area (Å²) in [5.41, 5.74) is 2.58. The van der Waals surface area contributed by atoms with E-state index in [-0.39, 0.29) is 6.23 Å². The number of rotatable bonds is 7. The first-order valence-corrected chi connectivity index (χ1v) is 8.74. The Morgan fingerprint density at radius 3 is 2.73 bits per heavy atom. The average molecular weight is 420 g/mol. The van der Waals surface area contributed by atoms with Crippen LogP contribution in [0.15, 0.2) is 53.2 Å². The Kier molecular flexibility index (Phi) is 5.68. The Morgan fingerprint density at radius 1 is 1.27 bits per heavy atom. The maximum atomic E-state index is 10.8. The van der Waals surface area contributed by atoms with Crippen LogP contribution in [0, 0.1) is 0 Å². The molecule has 6 nitrogen and oxygen atoms in total. The average Bonchev–Trinajstić information content (AvgIpc) is 3.09. The molecule has 1 atom stereocenters. The molecule has 0 aliphatic carbocycles. The third kappa shape index (κ3) is 4.49. The fourth-order valence-corrected chi connectivity index (χ4v) is 2.95. The van der Waals surface area contributed by atoms with Crippen LogP contribution in [0.25, 0.3) is 5.70 Å². The van der Waals surface area contributed by atoms with Gasteiger partial charge in [0.25, 0.3) is 0 Å². The number of carboxylic acids is 1. The van der Waals surface area contributed by atoms with Gasteiger partial charge in [0, 0.05) is 16.5 Å². The molecule has 2 aromatic rings. The summed E-state index contributed by atoms with van der Waals surface area (Å²) in [5, 5.41) is 12.1. The van der Waals surface area contributed by atoms with Gasteiger partial charge in [-0.25, -0.2) is 4.79 Å². The molecule has 136 valence electrons. The number of hydrogen-bond acceptors (Lipinski definition) is 5. The molecule has 0 saturated heterocycles.